The number of aliphatic imine (C=N–C) groups is 1. The van der Waals surface area contributed by atoms with Gasteiger partial charge in [-0.2, -0.15) is 0 Å². The van der Waals surface area contributed by atoms with Crippen LogP contribution in [-0.4, -0.2) is 28.1 Å². The van der Waals surface area contributed by atoms with Gasteiger partial charge in [-0.25, -0.2) is 4.39 Å². The van der Waals surface area contributed by atoms with E-state index in [2.05, 4.69) is 4.99 Å². The molecule has 82 valence electrons. The molecule has 0 unspecified atom stereocenters. The third-order valence-electron chi connectivity index (χ3n) is 2.66. The maximum atomic E-state index is 13.1. The van der Waals surface area contributed by atoms with Crippen molar-refractivity contribution in [3.8, 4) is 0 Å². The summed E-state index contributed by atoms with van der Waals surface area (Å²) in [4.78, 5) is 7.41. The van der Waals surface area contributed by atoms with Gasteiger partial charge in [-0.3, -0.25) is 4.99 Å². The molecule has 0 radical (unpaired) electrons. The van der Waals surface area contributed by atoms with E-state index in [4.69, 9.17) is 12.2 Å². The van der Waals surface area contributed by atoms with Crippen molar-refractivity contribution < 1.29 is 4.39 Å². The Balaban J connectivity index is 2.16. The third-order valence-corrected chi connectivity index (χ3v) is 4.08. The fraction of sp³-hybridized carbons (Fsp3) is 0.273. The minimum atomic E-state index is -0.223. The van der Waals surface area contributed by atoms with Crippen molar-refractivity contribution in [3.05, 3.63) is 29.6 Å². The van der Waals surface area contributed by atoms with Crippen molar-refractivity contribution in [2.75, 3.05) is 13.1 Å². The molecular formula is C11H9FN2S2. The number of rotatable bonds is 0. The van der Waals surface area contributed by atoms with Crippen LogP contribution < -0.4 is 0 Å². The summed E-state index contributed by atoms with van der Waals surface area (Å²) >= 11 is 6.76. The Morgan fingerprint density at radius 1 is 1.44 bits per heavy atom. The Morgan fingerprint density at radius 3 is 3.19 bits per heavy atom. The molecule has 16 heavy (non-hydrogen) atoms. The first kappa shape index (κ1) is 10.2. The van der Waals surface area contributed by atoms with Crippen molar-refractivity contribution in [2.45, 2.75) is 11.3 Å². The smallest absolute Gasteiger partial charge is 0.146 e. The lowest BCUT2D eigenvalue weighted by molar-refractivity contribution is 0.559. The van der Waals surface area contributed by atoms with E-state index in [9.17, 15) is 4.39 Å². The summed E-state index contributed by atoms with van der Waals surface area (Å²) < 4.78 is 13.9. The van der Waals surface area contributed by atoms with Crippen LogP contribution in [0.15, 0.2) is 28.1 Å². The fourth-order valence-electron chi connectivity index (χ4n) is 1.93. The molecule has 1 aromatic carbocycles. The summed E-state index contributed by atoms with van der Waals surface area (Å²) in [6.45, 7) is 1.75. The molecule has 2 nitrogen and oxygen atoms in total. The van der Waals surface area contributed by atoms with Gasteiger partial charge >= 0.3 is 0 Å². The quantitative estimate of drug-likeness (QED) is 0.660. The molecule has 0 atom stereocenters. The van der Waals surface area contributed by atoms with Crippen LogP contribution in [0.5, 0.6) is 0 Å². The number of thiocarbonyl (C=S) groups is 1. The zero-order chi connectivity index (χ0) is 11.1. The van der Waals surface area contributed by atoms with Crippen LogP contribution in [0.25, 0.3) is 0 Å². The van der Waals surface area contributed by atoms with Crippen LogP contribution >= 0.6 is 24.0 Å². The van der Waals surface area contributed by atoms with Crippen LogP contribution in [0, 0.1) is 5.82 Å². The summed E-state index contributed by atoms with van der Waals surface area (Å²) in [5.74, 6) is 0.684. The van der Waals surface area contributed by atoms with E-state index in [1.165, 1.54) is 23.9 Å². The predicted molar refractivity (Wildman–Crippen MR) is 67.6 cm³/mol. The number of benzene rings is 1. The van der Waals surface area contributed by atoms with Crippen LogP contribution in [0.4, 0.5) is 4.39 Å². The van der Waals surface area contributed by atoms with Crippen molar-refractivity contribution >= 4 is 34.1 Å². The van der Waals surface area contributed by atoms with Crippen molar-refractivity contribution in [3.63, 3.8) is 0 Å². The van der Waals surface area contributed by atoms with E-state index in [1.54, 1.807) is 6.07 Å². The monoisotopic (exact) mass is 252 g/mol. The second kappa shape index (κ2) is 3.82. The molecule has 1 aromatic rings. The largest absolute Gasteiger partial charge is 0.311 e. The van der Waals surface area contributed by atoms with Crippen LogP contribution in [0.3, 0.4) is 0 Å². The minimum Gasteiger partial charge on any atom is -0.311 e. The number of nitrogens with zero attached hydrogens (tertiary/aromatic N) is 2. The molecule has 2 aliphatic heterocycles. The lowest BCUT2D eigenvalue weighted by Crippen LogP contribution is -2.41. The second-order valence-electron chi connectivity index (χ2n) is 3.72. The molecule has 5 heteroatoms. The molecule has 0 bridgehead atoms. The van der Waals surface area contributed by atoms with Crippen LogP contribution in [0.1, 0.15) is 12.0 Å². The fourth-order valence-corrected chi connectivity index (χ4v) is 3.29. The first-order valence-corrected chi connectivity index (χ1v) is 6.32. The second-order valence-corrected chi connectivity index (χ2v) is 5.39. The number of halogens is 1. The maximum absolute atomic E-state index is 13.1. The van der Waals surface area contributed by atoms with Gasteiger partial charge in [0.2, 0.25) is 0 Å². The van der Waals surface area contributed by atoms with E-state index in [-0.39, 0.29) is 5.82 Å². The van der Waals surface area contributed by atoms with Crippen molar-refractivity contribution in [1.82, 2.24) is 4.90 Å². The average molecular weight is 252 g/mol. The molecule has 0 N–H and O–H groups in total. The zero-order valence-corrected chi connectivity index (χ0v) is 10.1. The van der Waals surface area contributed by atoms with Crippen LogP contribution in [-0.2, 0) is 0 Å². The Hall–Kier alpha value is -0.940. The average Bonchev–Trinajstić information content (AvgIpc) is 2.29. The molecule has 0 spiro atoms. The molecule has 0 saturated carbocycles. The molecule has 0 saturated heterocycles. The molecule has 0 fully saturated rings. The van der Waals surface area contributed by atoms with Gasteiger partial charge in [0.05, 0.1) is 0 Å². The van der Waals surface area contributed by atoms with Crippen LogP contribution in [0.2, 0.25) is 0 Å². The highest BCUT2D eigenvalue weighted by Crippen LogP contribution is 2.34. The number of thioether (sulfide) groups is 1. The molecular weight excluding hydrogens is 243 g/mol. The van der Waals surface area contributed by atoms with Crippen molar-refractivity contribution in [2.24, 2.45) is 4.99 Å². The summed E-state index contributed by atoms with van der Waals surface area (Å²) in [5.41, 5.74) is 1.000. The highest BCUT2D eigenvalue weighted by molar-refractivity contribution is 8.23. The van der Waals surface area contributed by atoms with E-state index >= 15 is 0 Å². The zero-order valence-electron chi connectivity index (χ0n) is 8.44. The van der Waals surface area contributed by atoms with Gasteiger partial charge in [-0.15, -0.1) is 0 Å². The molecule has 3 rings (SSSR count). The van der Waals surface area contributed by atoms with Gasteiger partial charge in [-0.1, -0.05) is 24.0 Å². The summed E-state index contributed by atoms with van der Waals surface area (Å²) in [5, 5.41) is 0. The Morgan fingerprint density at radius 2 is 2.31 bits per heavy atom. The highest BCUT2D eigenvalue weighted by atomic mass is 32.2. The summed E-state index contributed by atoms with van der Waals surface area (Å²) in [6, 6.07) is 4.79. The van der Waals surface area contributed by atoms with Gasteiger partial charge in [0.15, 0.2) is 0 Å². The van der Waals surface area contributed by atoms with Gasteiger partial charge in [0.25, 0.3) is 0 Å². The number of hydrogen-bond donors (Lipinski definition) is 0. The van der Waals surface area contributed by atoms with E-state index in [0.717, 1.165) is 40.1 Å². The van der Waals surface area contributed by atoms with Gasteiger partial charge in [-0.05, 0) is 24.6 Å². The first-order chi connectivity index (χ1) is 7.75. The summed E-state index contributed by atoms with van der Waals surface area (Å²) in [7, 11) is 0. The normalized spacial score (nSPS) is 18.9. The lowest BCUT2D eigenvalue weighted by atomic mass is 10.1. The predicted octanol–water partition coefficient (Wildman–Crippen LogP) is 2.67. The first-order valence-electron chi connectivity index (χ1n) is 5.09. The van der Waals surface area contributed by atoms with E-state index in [0.29, 0.717) is 0 Å². The highest BCUT2D eigenvalue weighted by Gasteiger charge is 2.28. The molecule has 0 aromatic heterocycles. The molecule has 0 amide bonds. The van der Waals surface area contributed by atoms with Gasteiger partial charge in [0.1, 0.15) is 16.0 Å². The number of fused-ring (bicyclic) bond motifs is 3. The Kier molecular flexibility index (Phi) is 2.44. The Bertz CT molecular complexity index is 499. The lowest BCUT2D eigenvalue weighted by Gasteiger charge is -2.34. The number of amidine groups is 1. The van der Waals surface area contributed by atoms with Gasteiger partial charge < -0.3 is 4.90 Å². The molecule has 2 aliphatic rings. The number of hydrogen-bond acceptors (Lipinski definition) is 3. The van der Waals surface area contributed by atoms with Gasteiger partial charge in [0, 0.05) is 23.5 Å². The van der Waals surface area contributed by atoms with E-state index in [1.807, 2.05) is 4.90 Å². The maximum Gasteiger partial charge on any atom is 0.146 e. The topological polar surface area (TPSA) is 15.6 Å². The minimum absolute atomic E-state index is 0.223. The van der Waals surface area contributed by atoms with E-state index < -0.39 is 0 Å². The standard InChI is InChI=1S/C11H9FN2S2/c12-7-2-3-8-9(6-7)16-11(15)14-5-1-4-13-10(8)14/h2-3,6H,1,4-5H2. The SMILES string of the molecule is Fc1ccc2c(c1)SC(=S)N1CCCN=C21. The van der Waals surface area contributed by atoms with Crippen molar-refractivity contribution in [1.29, 1.82) is 0 Å². The molecule has 2 heterocycles. The summed E-state index contributed by atoms with van der Waals surface area (Å²) in [6.07, 6.45) is 1.03. The molecule has 0 aliphatic carbocycles. The third kappa shape index (κ3) is 1.55. The Labute approximate surface area is 103 Å².